The van der Waals surface area contributed by atoms with Crippen molar-refractivity contribution in [2.45, 2.75) is 52.6 Å². The minimum Gasteiger partial charge on any atom is -0.508 e. The summed E-state index contributed by atoms with van der Waals surface area (Å²) >= 11 is 0. The number of fused-ring (bicyclic) bond motifs is 3. The van der Waals surface area contributed by atoms with Crippen LogP contribution in [0.1, 0.15) is 50.4 Å². The number of aromatic hydroxyl groups is 1. The summed E-state index contributed by atoms with van der Waals surface area (Å²) < 4.78 is 2.51. The van der Waals surface area contributed by atoms with Gasteiger partial charge in [-0.05, 0) is 68.5 Å². The first-order valence-electron chi connectivity index (χ1n) is 8.55. The van der Waals surface area contributed by atoms with Crippen LogP contribution in [0.4, 0.5) is 0 Å². The average Bonchev–Trinajstić information content (AvgIpc) is 3.07. The highest BCUT2D eigenvalue weighted by molar-refractivity contribution is 8.93. The molecule has 1 N–H and O–H groups in total. The molecular formula is C19H27BrN2O. The molecule has 0 spiro atoms. The number of nitrogens with zero attached hydrogens (tertiary/aromatic N) is 2. The van der Waals surface area contributed by atoms with E-state index in [1.165, 1.54) is 54.5 Å². The second kappa shape index (κ2) is 5.82. The quantitative estimate of drug-likeness (QED) is 0.771. The average molecular weight is 379 g/mol. The molecule has 3 heterocycles. The Hall–Kier alpha value is -1.00. The largest absolute Gasteiger partial charge is 0.508 e. The van der Waals surface area contributed by atoms with E-state index in [1.54, 1.807) is 0 Å². The zero-order valence-electron chi connectivity index (χ0n) is 14.3. The van der Waals surface area contributed by atoms with E-state index in [1.807, 2.05) is 12.1 Å². The standard InChI is InChI=1S/C19H26N2O.BrH/c1-13-15-12-14(22)6-7-16(15)21-11-8-19(2,3)18(17(13)21)20-9-4-5-10-20;/h6-7,12,18,22H,4-5,8-11H2,1-3H3;1H. The number of benzene rings is 1. The fraction of sp³-hybridized carbons (Fsp3) is 0.579. The predicted octanol–water partition coefficient (Wildman–Crippen LogP) is 4.80. The van der Waals surface area contributed by atoms with Gasteiger partial charge in [-0.2, -0.15) is 0 Å². The summed E-state index contributed by atoms with van der Waals surface area (Å²) in [4.78, 5) is 2.69. The lowest BCUT2D eigenvalue weighted by Crippen LogP contribution is -2.41. The van der Waals surface area contributed by atoms with E-state index in [9.17, 15) is 5.11 Å². The maximum absolute atomic E-state index is 9.88. The lowest BCUT2D eigenvalue weighted by atomic mass is 9.75. The van der Waals surface area contributed by atoms with Crippen molar-refractivity contribution in [3.05, 3.63) is 29.5 Å². The van der Waals surface area contributed by atoms with Gasteiger partial charge in [0.2, 0.25) is 0 Å². The number of phenolic OH excluding ortho intramolecular Hbond substituents is 1. The van der Waals surface area contributed by atoms with E-state index >= 15 is 0 Å². The number of aromatic nitrogens is 1. The van der Waals surface area contributed by atoms with Gasteiger partial charge in [0.25, 0.3) is 0 Å². The molecule has 2 aliphatic heterocycles. The third-order valence-electron chi connectivity index (χ3n) is 5.83. The van der Waals surface area contributed by atoms with Crippen LogP contribution < -0.4 is 0 Å². The van der Waals surface area contributed by atoms with Crippen LogP contribution in [0.15, 0.2) is 18.2 Å². The van der Waals surface area contributed by atoms with Crippen LogP contribution in [0, 0.1) is 12.3 Å². The molecule has 1 atom stereocenters. The molecule has 0 radical (unpaired) electrons. The first kappa shape index (κ1) is 16.8. The van der Waals surface area contributed by atoms with Crippen LogP contribution in [0.25, 0.3) is 10.9 Å². The maximum atomic E-state index is 9.88. The molecule has 3 nitrogen and oxygen atoms in total. The Morgan fingerprint density at radius 3 is 2.52 bits per heavy atom. The van der Waals surface area contributed by atoms with Gasteiger partial charge in [-0.15, -0.1) is 17.0 Å². The molecule has 0 saturated carbocycles. The highest BCUT2D eigenvalue weighted by Gasteiger charge is 2.42. The maximum Gasteiger partial charge on any atom is 0.116 e. The van der Waals surface area contributed by atoms with E-state index in [-0.39, 0.29) is 17.0 Å². The summed E-state index contributed by atoms with van der Waals surface area (Å²) in [7, 11) is 0. The second-order valence-electron chi connectivity index (χ2n) is 7.75. The molecule has 2 aliphatic rings. The summed E-state index contributed by atoms with van der Waals surface area (Å²) in [5, 5.41) is 11.1. The summed E-state index contributed by atoms with van der Waals surface area (Å²) in [6.45, 7) is 10.6. The summed E-state index contributed by atoms with van der Waals surface area (Å²) in [6, 6.07) is 6.34. The molecule has 2 aromatic rings. The number of hydrogen-bond donors (Lipinski definition) is 1. The van der Waals surface area contributed by atoms with Gasteiger partial charge in [-0.1, -0.05) is 13.8 Å². The molecule has 1 fully saturated rings. The van der Waals surface area contributed by atoms with Crippen molar-refractivity contribution < 1.29 is 5.11 Å². The van der Waals surface area contributed by atoms with Gasteiger partial charge in [0, 0.05) is 23.1 Å². The first-order valence-corrected chi connectivity index (χ1v) is 8.55. The predicted molar refractivity (Wildman–Crippen MR) is 101 cm³/mol. The Morgan fingerprint density at radius 1 is 1.13 bits per heavy atom. The molecule has 0 amide bonds. The Balaban J connectivity index is 0.00000156. The van der Waals surface area contributed by atoms with E-state index in [2.05, 4.69) is 36.3 Å². The van der Waals surface area contributed by atoms with E-state index in [0.717, 1.165) is 6.54 Å². The van der Waals surface area contributed by atoms with Gasteiger partial charge < -0.3 is 9.67 Å². The SMILES string of the molecule is Br.Cc1c2n(c3ccc(O)cc13)CCC(C)(C)C2N1CCCC1. The molecule has 23 heavy (non-hydrogen) atoms. The summed E-state index contributed by atoms with van der Waals surface area (Å²) in [5.74, 6) is 0.371. The first-order chi connectivity index (χ1) is 10.5. The number of aryl methyl sites for hydroxylation is 2. The second-order valence-corrected chi connectivity index (χ2v) is 7.75. The molecule has 126 valence electrons. The third kappa shape index (κ3) is 2.51. The monoisotopic (exact) mass is 378 g/mol. The van der Waals surface area contributed by atoms with Crippen molar-refractivity contribution in [1.82, 2.24) is 9.47 Å². The normalized spacial score (nSPS) is 23.7. The van der Waals surface area contributed by atoms with E-state index < -0.39 is 0 Å². The molecule has 1 aromatic carbocycles. The minimum absolute atomic E-state index is 0. The number of hydrogen-bond acceptors (Lipinski definition) is 2. The zero-order chi connectivity index (χ0) is 15.5. The molecule has 1 unspecified atom stereocenters. The van der Waals surface area contributed by atoms with Gasteiger partial charge in [-0.3, -0.25) is 4.90 Å². The highest BCUT2D eigenvalue weighted by Crippen LogP contribution is 2.49. The van der Waals surface area contributed by atoms with E-state index in [0.29, 0.717) is 17.2 Å². The molecule has 1 aromatic heterocycles. The fourth-order valence-electron chi connectivity index (χ4n) is 4.70. The van der Waals surface area contributed by atoms with Gasteiger partial charge in [-0.25, -0.2) is 0 Å². The lowest BCUT2D eigenvalue weighted by Gasteiger charge is -2.45. The van der Waals surface area contributed by atoms with Crippen LogP contribution >= 0.6 is 17.0 Å². The Labute approximate surface area is 149 Å². The number of rotatable bonds is 1. The highest BCUT2D eigenvalue weighted by atomic mass is 79.9. The van der Waals surface area contributed by atoms with Crippen LogP contribution in [-0.2, 0) is 6.54 Å². The Bertz CT molecular complexity index is 729. The van der Waals surface area contributed by atoms with Crippen molar-refractivity contribution in [3.63, 3.8) is 0 Å². The number of halogens is 1. The Morgan fingerprint density at radius 2 is 1.83 bits per heavy atom. The number of likely N-dealkylation sites (tertiary alicyclic amines) is 1. The zero-order valence-corrected chi connectivity index (χ0v) is 16.0. The van der Waals surface area contributed by atoms with Crippen molar-refractivity contribution >= 4 is 27.9 Å². The molecule has 0 bridgehead atoms. The Kier molecular flexibility index (Phi) is 4.26. The van der Waals surface area contributed by atoms with Crippen LogP contribution in [0.5, 0.6) is 5.75 Å². The molecule has 1 saturated heterocycles. The van der Waals surface area contributed by atoms with Gasteiger partial charge in [0.1, 0.15) is 5.75 Å². The van der Waals surface area contributed by atoms with Gasteiger partial charge in [0.05, 0.1) is 6.04 Å². The van der Waals surface area contributed by atoms with Crippen molar-refractivity contribution in [1.29, 1.82) is 0 Å². The van der Waals surface area contributed by atoms with Crippen molar-refractivity contribution in [2.24, 2.45) is 5.41 Å². The van der Waals surface area contributed by atoms with Gasteiger partial charge in [0.15, 0.2) is 0 Å². The molecular weight excluding hydrogens is 352 g/mol. The van der Waals surface area contributed by atoms with Crippen LogP contribution in [0.2, 0.25) is 0 Å². The fourth-order valence-corrected chi connectivity index (χ4v) is 4.70. The number of phenols is 1. The smallest absolute Gasteiger partial charge is 0.116 e. The molecule has 0 aliphatic carbocycles. The lowest BCUT2D eigenvalue weighted by molar-refractivity contribution is 0.0729. The summed E-state index contributed by atoms with van der Waals surface area (Å²) in [5.41, 5.74) is 4.43. The summed E-state index contributed by atoms with van der Waals surface area (Å²) in [6.07, 6.45) is 3.87. The van der Waals surface area contributed by atoms with Crippen LogP contribution in [-0.4, -0.2) is 27.7 Å². The van der Waals surface area contributed by atoms with Crippen LogP contribution in [0.3, 0.4) is 0 Å². The minimum atomic E-state index is 0. The van der Waals surface area contributed by atoms with Crippen molar-refractivity contribution in [3.8, 4) is 5.75 Å². The van der Waals surface area contributed by atoms with Gasteiger partial charge >= 0.3 is 0 Å². The molecule has 4 rings (SSSR count). The third-order valence-corrected chi connectivity index (χ3v) is 5.83. The topological polar surface area (TPSA) is 28.4 Å². The molecule has 4 heteroatoms. The van der Waals surface area contributed by atoms with Crippen molar-refractivity contribution in [2.75, 3.05) is 13.1 Å². The van der Waals surface area contributed by atoms with E-state index in [4.69, 9.17) is 0 Å².